The summed E-state index contributed by atoms with van der Waals surface area (Å²) in [6.07, 6.45) is 6.58. The molecular weight excluding hydrogens is 160 g/mol. The molecule has 0 spiro atoms. The maximum absolute atomic E-state index is 3.37. The average molecular weight is 178 g/mol. The van der Waals surface area contributed by atoms with Crippen LogP contribution in [0.1, 0.15) is 27.7 Å². The van der Waals surface area contributed by atoms with Gasteiger partial charge in [-0.2, -0.15) is 0 Å². The molecular formula is C11H18N2. The molecule has 0 aromatic heterocycles. The van der Waals surface area contributed by atoms with E-state index in [2.05, 4.69) is 49.6 Å². The van der Waals surface area contributed by atoms with E-state index in [-0.39, 0.29) is 6.17 Å². The van der Waals surface area contributed by atoms with E-state index in [0.717, 1.165) is 0 Å². The molecule has 1 heterocycles. The minimum absolute atomic E-state index is 0.236. The molecule has 1 rings (SSSR count). The summed E-state index contributed by atoms with van der Waals surface area (Å²) in [6.45, 7) is 8.30. The van der Waals surface area contributed by atoms with Gasteiger partial charge in [0.1, 0.15) is 6.17 Å². The number of nitrogens with one attached hydrogen (secondary N) is 2. The van der Waals surface area contributed by atoms with Crippen LogP contribution in [0.5, 0.6) is 0 Å². The van der Waals surface area contributed by atoms with Crippen molar-refractivity contribution in [2.45, 2.75) is 33.9 Å². The Morgan fingerprint density at radius 1 is 1.54 bits per heavy atom. The Hall–Kier alpha value is -1.18. The third kappa shape index (κ3) is 2.65. The van der Waals surface area contributed by atoms with Crippen molar-refractivity contribution in [3.63, 3.8) is 0 Å². The molecule has 0 aromatic carbocycles. The van der Waals surface area contributed by atoms with Gasteiger partial charge in [-0.25, -0.2) is 0 Å². The fourth-order valence-corrected chi connectivity index (χ4v) is 1.17. The van der Waals surface area contributed by atoms with Gasteiger partial charge in [0.2, 0.25) is 0 Å². The first kappa shape index (κ1) is 9.90. The van der Waals surface area contributed by atoms with Gasteiger partial charge in [0.15, 0.2) is 0 Å². The Labute approximate surface area is 80.4 Å². The molecule has 2 nitrogen and oxygen atoms in total. The highest BCUT2D eigenvalue weighted by atomic mass is 15.1. The van der Waals surface area contributed by atoms with Crippen LogP contribution in [-0.4, -0.2) is 6.17 Å². The van der Waals surface area contributed by atoms with Crippen molar-refractivity contribution in [3.8, 4) is 0 Å². The SMILES string of the molecule is C/C=C(/C)NC1C=CC(C)=C(C)N1. The van der Waals surface area contributed by atoms with Crippen LogP contribution < -0.4 is 10.6 Å². The molecule has 13 heavy (non-hydrogen) atoms. The second-order valence-electron chi connectivity index (χ2n) is 3.41. The summed E-state index contributed by atoms with van der Waals surface area (Å²) < 4.78 is 0. The lowest BCUT2D eigenvalue weighted by Gasteiger charge is -2.24. The van der Waals surface area contributed by atoms with Gasteiger partial charge in [-0.1, -0.05) is 12.2 Å². The van der Waals surface area contributed by atoms with Gasteiger partial charge < -0.3 is 10.6 Å². The van der Waals surface area contributed by atoms with Crippen LogP contribution in [0.2, 0.25) is 0 Å². The number of allylic oxidation sites excluding steroid dienone is 5. The molecule has 2 heteroatoms. The minimum Gasteiger partial charge on any atom is -0.366 e. The van der Waals surface area contributed by atoms with Crippen LogP contribution in [0, 0.1) is 0 Å². The van der Waals surface area contributed by atoms with Crippen LogP contribution in [0.3, 0.4) is 0 Å². The van der Waals surface area contributed by atoms with E-state index in [0.29, 0.717) is 0 Å². The summed E-state index contributed by atoms with van der Waals surface area (Å²) in [5, 5.41) is 6.72. The van der Waals surface area contributed by atoms with Crippen LogP contribution in [0.25, 0.3) is 0 Å². The lowest BCUT2D eigenvalue weighted by molar-refractivity contribution is 0.581. The van der Waals surface area contributed by atoms with Crippen molar-refractivity contribution in [1.82, 2.24) is 10.6 Å². The highest BCUT2D eigenvalue weighted by Crippen LogP contribution is 2.09. The van der Waals surface area contributed by atoms with E-state index in [1.54, 1.807) is 0 Å². The van der Waals surface area contributed by atoms with Gasteiger partial charge in [-0.05, 0) is 39.3 Å². The van der Waals surface area contributed by atoms with Crippen molar-refractivity contribution in [2.24, 2.45) is 0 Å². The van der Waals surface area contributed by atoms with E-state index >= 15 is 0 Å². The predicted octanol–water partition coefficient (Wildman–Crippen LogP) is 2.28. The van der Waals surface area contributed by atoms with Crippen molar-refractivity contribution >= 4 is 0 Å². The molecule has 1 unspecified atom stereocenters. The molecule has 0 fully saturated rings. The third-order valence-corrected chi connectivity index (χ3v) is 2.32. The molecule has 0 bridgehead atoms. The van der Waals surface area contributed by atoms with Crippen molar-refractivity contribution < 1.29 is 0 Å². The molecule has 0 aliphatic carbocycles. The standard InChI is InChI=1S/C11H18N2/c1-5-9(3)12-11-7-6-8(2)10(4)13-11/h5-7,11-13H,1-4H3/b9-5-. The highest BCUT2D eigenvalue weighted by molar-refractivity contribution is 5.27. The smallest absolute Gasteiger partial charge is 0.116 e. The number of rotatable bonds is 2. The Balaban J connectivity index is 2.56. The first-order chi connectivity index (χ1) is 6.13. The van der Waals surface area contributed by atoms with Crippen molar-refractivity contribution in [3.05, 3.63) is 35.2 Å². The molecule has 0 saturated heterocycles. The summed E-state index contributed by atoms with van der Waals surface area (Å²) in [5.41, 5.74) is 3.73. The Kier molecular flexibility index (Phi) is 3.18. The summed E-state index contributed by atoms with van der Waals surface area (Å²) in [6, 6.07) is 0. The van der Waals surface area contributed by atoms with Crippen LogP contribution >= 0.6 is 0 Å². The summed E-state index contributed by atoms with van der Waals surface area (Å²) in [5.74, 6) is 0. The van der Waals surface area contributed by atoms with Gasteiger partial charge in [0, 0.05) is 11.4 Å². The van der Waals surface area contributed by atoms with Crippen LogP contribution in [-0.2, 0) is 0 Å². The molecule has 1 atom stereocenters. The molecule has 72 valence electrons. The second kappa shape index (κ2) is 4.17. The summed E-state index contributed by atoms with van der Waals surface area (Å²) in [4.78, 5) is 0. The van der Waals surface area contributed by atoms with E-state index in [4.69, 9.17) is 0 Å². The molecule has 0 radical (unpaired) electrons. The molecule has 2 N–H and O–H groups in total. The first-order valence-corrected chi connectivity index (χ1v) is 4.65. The van der Waals surface area contributed by atoms with E-state index in [1.807, 2.05) is 6.92 Å². The average Bonchev–Trinajstić information content (AvgIpc) is 2.11. The van der Waals surface area contributed by atoms with Gasteiger partial charge in [0.25, 0.3) is 0 Å². The maximum atomic E-state index is 3.37. The van der Waals surface area contributed by atoms with E-state index in [1.165, 1.54) is 17.0 Å². The molecule has 0 saturated carbocycles. The van der Waals surface area contributed by atoms with Gasteiger partial charge in [-0.3, -0.25) is 0 Å². The van der Waals surface area contributed by atoms with E-state index < -0.39 is 0 Å². The maximum Gasteiger partial charge on any atom is 0.116 e. The van der Waals surface area contributed by atoms with Gasteiger partial charge >= 0.3 is 0 Å². The molecule has 1 aliphatic rings. The monoisotopic (exact) mass is 178 g/mol. The zero-order chi connectivity index (χ0) is 9.84. The van der Waals surface area contributed by atoms with Crippen molar-refractivity contribution in [1.29, 1.82) is 0 Å². The lowest BCUT2D eigenvalue weighted by Crippen LogP contribution is -2.40. The predicted molar refractivity (Wildman–Crippen MR) is 57.0 cm³/mol. The first-order valence-electron chi connectivity index (χ1n) is 4.65. The number of hydrogen-bond acceptors (Lipinski definition) is 2. The Bertz CT molecular complexity index is 270. The number of dihydropyridines is 1. The fraction of sp³-hybridized carbons (Fsp3) is 0.455. The summed E-state index contributed by atoms with van der Waals surface area (Å²) in [7, 11) is 0. The Morgan fingerprint density at radius 2 is 2.23 bits per heavy atom. The number of hydrogen-bond donors (Lipinski definition) is 2. The molecule has 1 aliphatic heterocycles. The normalized spacial score (nSPS) is 23.1. The zero-order valence-electron chi connectivity index (χ0n) is 8.81. The minimum atomic E-state index is 0.236. The largest absolute Gasteiger partial charge is 0.366 e. The topological polar surface area (TPSA) is 24.1 Å². The van der Waals surface area contributed by atoms with Crippen LogP contribution in [0.15, 0.2) is 35.2 Å². The third-order valence-electron chi connectivity index (χ3n) is 2.32. The quantitative estimate of drug-likeness (QED) is 0.678. The Morgan fingerprint density at radius 3 is 2.77 bits per heavy atom. The fourth-order valence-electron chi connectivity index (χ4n) is 1.17. The van der Waals surface area contributed by atoms with Crippen LogP contribution in [0.4, 0.5) is 0 Å². The zero-order valence-corrected chi connectivity index (χ0v) is 8.81. The summed E-state index contributed by atoms with van der Waals surface area (Å²) >= 11 is 0. The highest BCUT2D eigenvalue weighted by Gasteiger charge is 2.08. The van der Waals surface area contributed by atoms with Gasteiger partial charge in [-0.15, -0.1) is 0 Å². The molecule has 0 amide bonds. The van der Waals surface area contributed by atoms with E-state index in [9.17, 15) is 0 Å². The van der Waals surface area contributed by atoms with Crippen molar-refractivity contribution in [2.75, 3.05) is 0 Å². The second-order valence-corrected chi connectivity index (χ2v) is 3.41. The van der Waals surface area contributed by atoms with Gasteiger partial charge in [0.05, 0.1) is 0 Å². The lowest BCUT2D eigenvalue weighted by atomic mass is 10.1. The molecule has 0 aromatic rings.